The van der Waals surface area contributed by atoms with Crippen molar-refractivity contribution in [2.45, 2.75) is 29.7 Å². The average molecular weight is 324 g/mol. The minimum Gasteiger partial charge on any atom is -0.388 e. The second-order valence-electron chi connectivity index (χ2n) is 4.18. The molecule has 2 rings (SSSR count). The largest absolute Gasteiger partial charge is 0.388 e. The first-order valence-corrected chi connectivity index (χ1v) is 7.30. The molecule has 10 heteroatoms. The van der Waals surface area contributed by atoms with E-state index in [1.54, 1.807) is 6.26 Å². The molecule has 1 aromatic rings. The summed E-state index contributed by atoms with van der Waals surface area (Å²) < 4.78 is 5.16. The van der Waals surface area contributed by atoms with Gasteiger partial charge in [0.1, 0.15) is 23.3 Å². The lowest BCUT2D eigenvalue weighted by molar-refractivity contribution is -0.178. The molecular formula is C10H14ClN3O5S. The Labute approximate surface area is 123 Å². The number of aromatic nitrogens is 2. The van der Waals surface area contributed by atoms with Crippen molar-refractivity contribution in [3.8, 4) is 0 Å². The summed E-state index contributed by atoms with van der Waals surface area (Å²) in [7, 11) is 0. The van der Waals surface area contributed by atoms with Crippen LogP contribution in [0, 0.1) is 0 Å². The molecule has 1 aliphatic rings. The van der Waals surface area contributed by atoms with Crippen LogP contribution in [0.4, 0.5) is 5.82 Å². The molecule has 0 amide bonds. The minimum atomic E-state index is -1.38. The van der Waals surface area contributed by atoms with Crippen molar-refractivity contribution in [1.82, 2.24) is 9.97 Å². The zero-order valence-corrected chi connectivity index (χ0v) is 12.0. The molecule has 1 saturated heterocycles. The fraction of sp³-hybridized carbons (Fsp3) is 0.600. The van der Waals surface area contributed by atoms with Crippen molar-refractivity contribution in [2.75, 3.05) is 18.2 Å². The lowest BCUT2D eigenvalue weighted by Gasteiger charge is -2.35. The molecule has 2 heterocycles. The fourth-order valence-electron chi connectivity index (χ4n) is 1.70. The second kappa shape index (κ2) is 6.29. The molecule has 0 unspecified atom stereocenters. The summed E-state index contributed by atoms with van der Waals surface area (Å²) in [5.74, 6) is 0.0346. The number of anilines is 1. The number of hydrogen-bond acceptors (Lipinski definition) is 8. The first-order valence-electron chi connectivity index (χ1n) is 5.70. The molecule has 0 aromatic carbocycles. The molecule has 8 nitrogen and oxygen atoms in total. The molecule has 1 aliphatic heterocycles. The minimum absolute atomic E-state index is 0.0346. The van der Waals surface area contributed by atoms with Crippen molar-refractivity contribution in [1.29, 1.82) is 0 Å². The molecule has 0 bridgehead atoms. The Hall–Kier alpha value is -0.840. The van der Waals surface area contributed by atoms with E-state index in [1.807, 2.05) is 0 Å². The number of halogens is 1. The number of aliphatic hydroxyl groups is 3. The Morgan fingerprint density at radius 3 is 2.80 bits per heavy atom. The van der Waals surface area contributed by atoms with Gasteiger partial charge < -0.3 is 30.4 Å². The molecule has 1 fully saturated rings. The van der Waals surface area contributed by atoms with Crippen LogP contribution in [0.5, 0.6) is 0 Å². The lowest BCUT2D eigenvalue weighted by Crippen LogP contribution is -2.55. The summed E-state index contributed by atoms with van der Waals surface area (Å²) in [4.78, 5) is 18.1. The van der Waals surface area contributed by atoms with Crippen molar-refractivity contribution in [2.24, 2.45) is 0 Å². The number of nitrogens with zero attached hydrogens (tertiary/aromatic N) is 1. The summed E-state index contributed by atoms with van der Waals surface area (Å²) in [6.07, 6.45) is -3.22. The summed E-state index contributed by atoms with van der Waals surface area (Å²) in [6, 6.07) is 0. The van der Waals surface area contributed by atoms with Gasteiger partial charge in [0.25, 0.3) is 5.56 Å². The van der Waals surface area contributed by atoms with Crippen LogP contribution >= 0.6 is 23.4 Å². The van der Waals surface area contributed by atoms with Crippen LogP contribution < -0.4 is 10.9 Å². The Balaban J connectivity index is 2.22. The molecule has 0 saturated carbocycles. The Bertz CT molecular complexity index is 542. The standard InChI is InChI=1S/C10H14ClN3O5S/c1-20-10-13-7(4(11)8(18)14-10)12-9-6(17)5(16)3(15)2-19-9/h3,5-6,9,15-17H,2H2,1H3,(H2,12,13,14,18)/t3-,5-,6+,9-/m1/s1. The quantitative estimate of drug-likeness (QED) is 0.354. The van der Waals surface area contributed by atoms with Gasteiger partial charge >= 0.3 is 0 Å². The van der Waals surface area contributed by atoms with E-state index in [1.165, 1.54) is 11.8 Å². The van der Waals surface area contributed by atoms with Crippen LogP contribution in [0.2, 0.25) is 5.02 Å². The molecule has 5 N–H and O–H groups in total. The molecule has 0 radical (unpaired) electrons. The highest BCUT2D eigenvalue weighted by Gasteiger charge is 2.38. The number of aliphatic hydroxyl groups excluding tert-OH is 3. The predicted octanol–water partition coefficient (Wildman–Crippen LogP) is -1.00. The average Bonchev–Trinajstić information content (AvgIpc) is 2.44. The molecule has 0 spiro atoms. The van der Waals surface area contributed by atoms with Gasteiger partial charge in [-0.15, -0.1) is 0 Å². The Morgan fingerprint density at radius 2 is 2.15 bits per heavy atom. The van der Waals surface area contributed by atoms with Crippen molar-refractivity contribution >= 4 is 29.2 Å². The monoisotopic (exact) mass is 323 g/mol. The van der Waals surface area contributed by atoms with Gasteiger partial charge in [-0.2, -0.15) is 0 Å². The van der Waals surface area contributed by atoms with Crippen LogP contribution in [0.15, 0.2) is 9.95 Å². The number of rotatable bonds is 3. The molecule has 1 aromatic heterocycles. The van der Waals surface area contributed by atoms with Gasteiger partial charge in [-0.3, -0.25) is 4.79 Å². The normalized spacial score (nSPS) is 30.2. The van der Waals surface area contributed by atoms with Crippen LogP contribution in [-0.4, -0.2) is 62.7 Å². The summed E-state index contributed by atoms with van der Waals surface area (Å²) in [5, 5.41) is 31.5. The number of H-pyrrole nitrogens is 1. The van der Waals surface area contributed by atoms with Gasteiger partial charge in [-0.05, 0) is 6.26 Å². The number of aromatic amines is 1. The second-order valence-corrected chi connectivity index (χ2v) is 5.36. The topological polar surface area (TPSA) is 128 Å². The number of ether oxygens (including phenoxy) is 1. The fourth-order valence-corrected chi connectivity index (χ4v) is 2.22. The number of thioether (sulfide) groups is 1. The maximum Gasteiger partial charge on any atom is 0.272 e. The summed E-state index contributed by atoms with van der Waals surface area (Å²) in [6.45, 7) is -0.161. The van der Waals surface area contributed by atoms with Gasteiger partial charge in [-0.25, -0.2) is 4.98 Å². The van der Waals surface area contributed by atoms with Gasteiger partial charge in [0.2, 0.25) is 0 Å². The summed E-state index contributed by atoms with van der Waals surface area (Å²) >= 11 is 7.04. The highest BCUT2D eigenvalue weighted by Crippen LogP contribution is 2.22. The van der Waals surface area contributed by atoms with E-state index in [0.29, 0.717) is 5.16 Å². The first-order chi connectivity index (χ1) is 9.43. The van der Waals surface area contributed by atoms with Crippen LogP contribution in [-0.2, 0) is 4.74 Å². The third kappa shape index (κ3) is 3.08. The van der Waals surface area contributed by atoms with E-state index in [-0.39, 0.29) is 17.4 Å². The van der Waals surface area contributed by atoms with Crippen LogP contribution in [0.1, 0.15) is 0 Å². The predicted molar refractivity (Wildman–Crippen MR) is 73.0 cm³/mol. The van der Waals surface area contributed by atoms with E-state index in [9.17, 15) is 20.1 Å². The van der Waals surface area contributed by atoms with E-state index in [2.05, 4.69) is 15.3 Å². The van der Waals surface area contributed by atoms with E-state index >= 15 is 0 Å². The van der Waals surface area contributed by atoms with Crippen molar-refractivity contribution < 1.29 is 20.1 Å². The highest BCUT2D eigenvalue weighted by atomic mass is 35.5. The SMILES string of the molecule is CSc1nc(N[C@@H]2OC[C@@H](O)[C@@H](O)[C@@H]2O)c(Cl)c(=O)[nH]1. The van der Waals surface area contributed by atoms with E-state index < -0.39 is 30.1 Å². The third-order valence-electron chi connectivity index (χ3n) is 2.81. The van der Waals surface area contributed by atoms with Crippen LogP contribution in [0.3, 0.4) is 0 Å². The molecule has 0 aliphatic carbocycles. The van der Waals surface area contributed by atoms with Gasteiger partial charge in [0, 0.05) is 0 Å². The maximum absolute atomic E-state index is 11.6. The number of hydrogen-bond donors (Lipinski definition) is 5. The van der Waals surface area contributed by atoms with E-state index in [0.717, 1.165) is 0 Å². The maximum atomic E-state index is 11.6. The van der Waals surface area contributed by atoms with Crippen LogP contribution in [0.25, 0.3) is 0 Å². The molecule has 4 atom stereocenters. The van der Waals surface area contributed by atoms with Gasteiger partial charge in [0.15, 0.2) is 17.2 Å². The Morgan fingerprint density at radius 1 is 1.45 bits per heavy atom. The molecule has 112 valence electrons. The van der Waals surface area contributed by atoms with Gasteiger partial charge in [0.05, 0.1) is 6.61 Å². The zero-order chi connectivity index (χ0) is 14.9. The zero-order valence-electron chi connectivity index (χ0n) is 10.4. The Kier molecular flexibility index (Phi) is 4.89. The molecule has 20 heavy (non-hydrogen) atoms. The van der Waals surface area contributed by atoms with Gasteiger partial charge in [-0.1, -0.05) is 23.4 Å². The summed E-state index contributed by atoms with van der Waals surface area (Å²) in [5.41, 5.74) is -0.528. The molecular weight excluding hydrogens is 310 g/mol. The van der Waals surface area contributed by atoms with Crippen molar-refractivity contribution in [3.05, 3.63) is 15.4 Å². The highest BCUT2D eigenvalue weighted by molar-refractivity contribution is 7.98. The van der Waals surface area contributed by atoms with Crippen molar-refractivity contribution in [3.63, 3.8) is 0 Å². The number of nitrogens with one attached hydrogen (secondary N) is 2. The smallest absolute Gasteiger partial charge is 0.272 e. The van der Waals surface area contributed by atoms with E-state index in [4.69, 9.17) is 16.3 Å². The lowest BCUT2D eigenvalue weighted by atomic mass is 10.0. The first kappa shape index (κ1) is 15.5. The third-order valence-corrected chi connectivity index (χ3v) is 3.74.